The van der Waals surface area contributed by atoms with Crippen molar-refractivity contribution < 1.29 is 0 Å². The highest BCUT2D eigenvalue weighted by Gasteiger charge is 2.32. The predicted molar refractivity (Wildman–Crippen MR) is 111 cm³/mol. The molecule has 3 aromatic rings. The van der Waals surface area contributed by atoms with Gasteiger partial charge in [0.25, 0.3) is 0 Å². The van der Waals surface area contributed by atoms with Gasteiger partial charge in [-0.2, -0.15) is 15.8 Å². The van der Waals surface area contributed by atoms with Crippen LogP contribution >= 0.6 is 0 Å². The van der Waals surface area contributed by atoms with Gasteiger partial charge < -0.3 is 0 Å². The molecule has 0 aromatic heterocycles. The van der Waals surface area contributed by atoms with Crippen LogP contribution < -0.4 is 0 Å². The van der Waals surface area contributed by atoms with E-state index in [1.807, 2.05) is 44.2 Å². The highest BCUT2D eigenvalue weighted by atomic mass is 14.4. The fourth-order valence-corrected chi connectivity index (χ4v) is 4.50. The van der Waals surface area contributed by atoms with Gasteiger partial charge >= 0.3 is 0 Å². The SMILES string of the molecule is Cc1cc(C2c3ccc(C#N)cc3C(C)c3cc(C#N)ccc32)c(C)cc1C#N. The highest BCUT2D eigenvalue weighted by Crippen LogP contribution is 2.47. The maximum Gasteiger partial charge on any atom is 0.0994 e. The van der Waals surface area contributed by atoms with Gasteiger partial charge in [-0.15, -0.1) is 0 Å². The Bertz CT molecular complexity index is 1210. The third-order valence-corrected chi connectivity index (χ3v) is 6.03. The second kappa shape index (κ2) is 6.94. The number of nitrogens with zero attached hydrogens (tertiary/aromatic N) is 3. The van der Waals surface area contributed by atoms with Crippen LogP contribution in [0.25, 0.3) is 0 Å². The maximum absolute atomic E-state index is 9.40. The zero-order valence-electron chi connectivity index (χ0n) is 16.6. The zero-order chi connectivity index (χ0) is 20.7. The summed E-state index contributed by atoms with van der Waals surface area (Å²) in [6.07, 6.45) is 0. The van der Waals surface area contributed by atoms with Crippen molar-refractivity contribution >= 4 is 0 Å². The van der Waals surface area contributed by atoms with Gasteiger partial charge in [-0.3, -0.25) is 0 Å². The maximum atomic E-state index is 9.40. The molecule has 0 saturated heterocycles. The van der Waals surface area contributed by atoms with Crippen LogP contribution in [-0.2, 0) is 0 Å². The van der Waals surface area contributed by atoms with Crippen LogP contribution in [0, 0.1) is 47.8 Å². The van der Waals surface area contributed by atoms with Gasteiger partial charge in [0.15, 0.2) is 0 Å². The Balaban J connectivity index is 2.05. The Morgan fingerprint density at radius 2 is 1.17 bits per heavy atom. The van der Waals surface area contributed by atoms with Crippen LogP contribution in [0.15, 0.2) is 48.5 Å². The van der Waals surface area contributed by atoms with E-state index in [9.17, 15) is 15.8 Å². The van der Waals surface area contributed by atoms with Gasteiger partial charge in [-0.1, -0.05) is 25.1 Å². The molecule has 0 radical (unpaired) electrons. The van der Waals surface area contributed by atoms with Crippen LogP contribution in [0.1, 0.15) is 74.4 Å². The Morgan fingerprint density at radius 3 is 1.66 bits per heavy atom. The quantitative estimate of drug-likeness (QED) is 0.560. The first-order chi connectivity index (χ1) is 14.0. The Kier molecular flexibility index (Phi) is 4.43. The molecule has 0 heterocycles. The lowest BCUT2D eigenvalue weighted by atomic mass is 9.69. The van der Waals surface area contributed by atoms with Gasteiger partial charge in [-0.05, 0) is 83.1 Å². The minimum absolute atomic E-state index is 0.00290. The van der Waals surface area contributed by atoms with Crippen LogP contribution in [0.2, 0.25) is 0 Å². The molecule has 1 aliphatic carbocycles. The monoisotopic (exact) mass is 373 g/mol. The van der Waals surface area contributed by atoms with E-state index in [1.165, 1.54) is 11.1 Å². The first kappa shape index (κ1) is 18.5. The molecule has 3 aromatic carbocycles. The van der Waals surface area contributed by atoms with E-state index in [-0.39, 0.29) is 11.8 Å². The molecule has 0 aliphatic heterocycles. The third-order valence-electron chi connectivity index (χ3n) is 6.03. The van der Waals surface area contributed by atoms with Crippen molar-refractivity contribution in [2.24, 2.45) is 0 Å². The summed E-state index contributed by atoms with van der Waals surface area (Å²) in [5.41, 5.74) is 9.76. The van der Waals surface area contributed by atoms with Gasteiger partial charge in [0.1, 0.15) is 0 Å². The standard InChI is InChI=1S/C26H19N3/c1-15-9-23(16(2)8-20(15)14-29)26-21-6-4-18(12-27)10-24(21)17(3)25-11-19(13-28)5-7-22(25)26/h4-11,17,26H,1-3H3. The van der Waals surface area contributed by atoms with E-state index in [2.05, 4.69) is 43.3 Å². The van der Waals surface area contributed by atoms with Crippen molar-refractivity contribution in [1.82, 2.24) is 0 Å². The third kappa shape index (κ3) is 2.87. The average Bonchev–Trinajstić information content (AvgIpc) is 2.75. The summed E-state index contributed by atoms with van der Waals surface area (Å²) in [7, 11) is 0. The topological polar surface area (TPSA) is 71.4 Å². The Labute approximate surface area is 171 Å². The molecular weight excluding hydrogens is 354 g/mol. The molecule has 0 N–H and O–H groups in total. The van der Waals surface area contributed by atoms with Gasteiger partial charge in [0.2, 0.25) is 0 Å². The van der Waals surface area contributed by atoms with E-state index in [0.29, 0.717) is 16.7 Å². The first-order valence-corrected chi connectivity index (χ1v) is 9.57. The number of rotatable bonds is 1. The van der Waals surface area contributed by atoms with Crippen LogP contribution in [0.5, 0.6) is 0 Å². The van der Waals surface area contributed by atoms with Crippen LogP contribution in [0.4, 0.5) is 0 Å². The molecule has 3 heteroatoms. The highest BCUT2D eigenvalue weighted by molar-refractivity contribution is 5.62. The zero-order valence-corrected chi connectivity index (χ0v) is 16.6. The molecule has 0 spiro atoms. The van der Waals surface area contributed by atoms with E-state index in [4.69, 9.17) is 0 Å². The molecule has 0 bridgehead atoms. The van der Waals surface area contributed by atoms with E-state index in [0.717, 1.165) is 27.8 Å². The van der Waals surface area contributed by atoms with E-state index in [1.54, 1.807) is 0 Å². The molecule has 29 heavy (non-hydrogen) atoms. The second-order valence-corrected chi connectivity index (χ2v) is 7.70. The molecule has 0 atom stereocenters. The minimum Gasteiger partial charge on any atom is -0.192 e. The van der Waals surface area contributed by atoms with Crippen molar-refractivity contribution in [2.45, 2.75) is 32.6 Å². The van der Waals surface area contributed by atoms with Gasteiger partial charge in [0, 0.05) is 11.8 Å². The molecule has 0 fully saturated rings. The predicted octanol–water partition coefficient (Wildman–Crippen LogP) is 5.56. The molecule has 0 amide bonds. The summed E-state index contributed by atoms with van der Waals surface area (Å²) >= 11 is 0. The second-order valence-electron chi connectivity index (χ2n) is 7.70. The number of aryl methyl sites for hydroxylation is 2. The summed E-state index contributed by atoms with van der Waals surface area (Å²) in [4.78, 5) is 0. The fraction of sp³-hybridized carbons (Fsp3) is 0.192. The van der Waals surface area contributed by atoms with Crippen molar-refractivity contribution in [2.75, 3.05) is 0 Å². The normalized spacial score (nSPS) is 16.7. The summed E-state index contributed by atoms with van der Waals surface area (Å²) in [6, 6.07) is 22.6. The molecule has 138 valence electrons. The summed E-state index contributed by atoms with van der Waals surface area (Å²) < 4.78 is 0. The average molecular weight is 373 g/mol. The van der Waals surface area contributed by atoms with E-state index < -0.39 is 0 Å². The number of benzene rings is 3. The fourth-order valence-electron chi connectivity index (χ4n) is 4.50. The van der Waals surface area contributed by atoms with Gasteiger partial charge in [0.05, 0.1) is 34.9 Å². The molecule has 1 aliphatic rings. The molecule has 0 unspecified atom stereocenters. The van der Waals surface area contributed by atoms with Gasteiger partial charge in [-0.25, -0.2) is 0 Å². The Hall–Kier alpha value is -3.87. The first-order valence-electron chi connectivity index (χ1n) is 9.57. The van der Waals surface area contributed by atoms with Crippen molar-refractivity contribution in [3.05, 3.63) is 104 Å². The van der Waals surface area contributed by atoms with Crippen LogP contribution in [0.3, 0.4) is 0 Å². The molecule has 3 nitrogen and oxygen atoms in total. The van der Waals surface area contributed by atoms with Crippen molar-refractivity contribution in [3.8, 4) is 18.2 Å². The smallest absolute Gasteiger partial charge is 0.0994 e. The summed E-state index contributed by atoms with van der Waals surface area (Å²) in [5.74, 6) is 0.0979. The lowest BCUT2D eigenvalue weighted by molar-refractivity contribution is 0.789. The lowest BCUT2D eigenvalue weighted by Gasteiger charge is -2.34. The largest absolute Gasteiger partial charge is 0.192 e. The number of hydrogen-bond donors (Lipinski definition) is 0. The minimum atomic E-state index is 0.00290. The number of fused-ring (bicyclic) bond motifs is 2. The van der Waals surface area contributed by atoms with E-state index >= 15 is 0 Å². The van der Waals surface area contributed by atoms with Crippen molar-refractivity contribution in [3.63, 3.8) is 0 Å². The van der Waals surface area contributed by atoms with Crippen LogP contribution in [-0.4, -0.2) is 0 Å². The lowest BCUT2D eigenvalue weighted by Crippen LogP contribution is -2.19. The summed E-state index contributed by atoms with van der Waals surface area (Å²) in [6.45, 7) is 6.14. The van der Waals surface area contributed by atoms with Crippen molar-refractivity contribution in [1.29, 1.82) is 15.8 Å². The molecular formula is C26H19N3. The number of hydrogen-bond acceptors (Lipinski definition) is 3. The summed E-state index contributed by atoms with van der Waals surface area (Å²) in [5, 5.41) is 28.2. The molecule has 0 saturated carbocycles. The Morgan fingerprint density at radius 1 is 0.621 bits per heavy atom. The number of nitriles is 3. The molecule has 4 rings (SSSR count).